The van der Waals surface area contributed by atoms with Crippen LogP contribution in [0, 0.1) is 0 Å². The Balaban J connectivity index is 1.94. The number of thiazole rings is 1. The first kappa shape index (κ1) is 13.4. The number of benzene rings is 1. The Morgan fingerprint density at radius 3 is 3.10 bits per heavy atom. The van der Waals surface area contributed by atoms with E-state index in [2.05, 4.69) is 23.3 Å². The maximum Gasteiger partial charge on any atom is 0.136 e. The van der Waals surface area contributed by atoms with E-state index >= 15 is 0 Å². The molecule has 2 unspecified atom stereocenters. The number of methoxy groups -OCH3 is 1. The van der Waals surface area contributed by atoms with E-state index in [1.54, 1.807) is 18.4 Å². The zero-order valence-corrected chi connectivity index (χ0v) is 12.4. The standard InChI is InChI=1S/C15H18N2O2S/c1-3-17-12-7-14(15-8-16-9-20-15)19-13-6-10(18-2)4-5-11(12)13/h4-6,8-9,12,14,17H,3,7H2,1-2H3. The number of ether oxygens (including phenoxy) is 2. The Morgan fingerprint density at radius 1 is 1.50 bits per heavy atom. The summed E-state index contributed by atoms with van der Waals surface area (Å²) in [6.45, 7) is 3.06. The molecule has 106 valence electrons. The third-order valence-corrected chi connectivity index (χ3v) is 4.40. The SMILES string of the molecule is CCNC1CC(c2cncs2)Oc2cc(OC)ccc21. The fourth-order valence-corrected chi connectivity index (χ4v) is 3.23. The predicted molar refractivity (Wildman–Crippen MR) is 79.5 cm³/mol. The summed E-state index contributed by atoms with van der Waals surface area (Å²) in [5.41, 5.74) is 3.05. The summed E-state index contributed by atoms with van der Waals surface area (Å²) < 4.78 is 11.4. The molecule has 3 rings (SSSR count). The fraction of sp³-hybridized carbons (Fsp3) is 0.400. The zero-order chi connectivity index (χ0) is 13.9. The molecular formula is C15H18N2O2S. The van der Waals surface area contributed by atoms with Crippen molar-refractivity contribution in [3.8, 4) is 11.5 Å². The number of fused-ring (bicyclic) bond motifs is 1. The lowest BCUT2D eigenvalue weighted by atomic mass is 9.95. The van der Waals surface area contributed by atoms with Crippen molar-refractivity contribution in [1.29, 1.82) is 0 Å². The first-order chi connectivity index (χ1) is 9.81. The van der Waals surface area contributed by atoms with E-state index in [1.807, 2.05) is 23.8 Å². The molecule has 0 radical (unpaired) electrons. The third-order valence-electron chi connectivity index (χ3n) is 3.53. The van der Waals surface area contributed by atoms with E-state index < -0.39 is 0 Å². The van der Waals surface area contributed by atoms with Gasteiger partial charge in [0.1, 0.15) is 17.6 Å². The van der Waals surface area contributed by atoms with Crippen LogP contribution in [0.2, 0.25) is 0 Å². The number of rotatable bonds is 4. The number of aromatic nitrogens is 1. The molecule has 0 aliphatic carbocycles. The summed E-state index contributed by atoms with van der Waals surface area (Å²) in [7, 11) is 1.67. The van der Waals surface area contributed by atoms with Crippen LogP contribution >= 0.6 is 11.3 Å². The van der Waals surface area contributed by atoms with Crippen LogP contribution in [-0.4, -0.2) is 18.6 Å². The normalized spacial score (nSPS) is 21.1. The quantitative estimate of drug-likeness (QED) is 0.938. The number of hydrogen-bond acceptors (Lipinski definition) is 5. The molecule has 0 saturated carbocycles. The van der Waals surface area contributed by atoms with Crippen LogP contribution in [0.1, 0.15) is 35.9 Å². The van der Waals surface area contributed by atoms with Gasteiger partial charge in [-0.25, -0.2) is 0 Å². The van der Waals surface area contributed by atoms with Crippen LogP contribution < -0.4 is 14.8 Å². The van der Waals surface area contributed by atoms with Crippen LogP contribution in [0.15, 0.2) is 29.9 Å². The Hall–Kier alpha value is -1.59. The van der Waals surface area contributed by atoms with Crippen LogP contribution in [0.5, 0.6) is 11.5 Å². The van der Waals surface area contributed by atoms with Crippen molar-refractivity contribution in [2.75, 3.05) is 13.7 Å². The number of nitrogens with one attached hydrogen (secondary N) is 1. The Kier molecular flexibility index (Phi) is 3.89. The zero-order valence-electron chi connectivity index (χ0n) is 11.6. The van der Waals surface area contributed by atoms with Gasteiger partial charge in [-0.15, -0.1) is 11.3 Å². The summed E-state index contributed by atoms with van der Waals surface area (Å²) in [6, 6.07) is 6.35. The molecule has 1 aromatic heterocycles. The molecule has 0 amide bonds. The van der Waals surface area contributed by atoms with Gasteiger partial charge in [-0.2, -0.15) is 0 Å². The highest BCUT2D eigenvalue weighted by Gasteiger charge is 2.29. The van der Waals surface area contributed by atoms with Gasteiger partial charge in [0.25, 0.3) is 0 Å². The minimum absolute atomic E-state index is 0.0613. The highest BCUT2D eigenvalue weighted by Crippen LogP contribution is 2.42. The highest BCUT2D eigenvalue weighted by atomic mass is 32.1. The average Bonchev–Trinajstić information content (AvgIpc) is 3.01. The van der Waals surface area contributed by atoms with Gasteiger partial charge in [0.05, 0.1) is 17.5 Å². The molecule has 0 bridgehead atoms. The molecule has 2 aromatic rings. The molecule has 20 heavy (non-hydrogen) atoms. The smallest absolute Gasteiger partial charge is 0.136 e. The van der Waals surface area contributed by atoms with Crippen molar-refractivity contribution < 1.29 is 9.47 Å². The van der Waals surface area contributed by atoms with Crippen LogP contribution in [0.25, 0.3) is 0 Å². The number of hydrogen-bond donors (Lipinski definition) is 1. The van der Waals surface area contributed by atoms with Gasteiger partial charge in [-0.1, -0.05) is 13.0 Å². The van der Waals surface area contributed by atoms with Crippen molar-refractivity contribution in [3.05, 3.63) is 40.3 Å². The lowest BCUT2D eigenvalue weighted by Crippen LogP contribution is -2.28. The largest absolute Gasteiger partial charge is 0.497 e. The lowest BCUT2D eigenvalue weighted by molar-refractivity contribution is 0.154. The van der Waals surface area contributed by atoms with Gasteiger partial charge >= 0.3 is 0 Å². The van der Waals surface area contributed by atoms with Gasteiger partial charge in [0.2, 0.25) is 0 Å². The lowest BCUT2D eigenvalue weighted by Gasteiger charge is -2.32. The molecule has 1 aromatic carbocycles. The first-order valence-corrected chi connectivity index (χ1v) is 7.66. The van der Waals surface area contributed by atoms with Crippen LogP contribution in [0.4, 0.5) is 0 Å². The second kappa shape index (κ2) is 5.81. The fourth-order valence-electron chi connectivity index (χ4n) is 2.57. The van der Waals surface area contributed by atoms with E-state index in [0.29, 0.717) is 6.04 Å². The van der Waals surface area contributed by atoms with E-state index in [4.69, 9.17) is 9.47 Å². The van der Waals surface area contributed by atoms with Crippen LogP contribution in [0.3, 0.4) is 0 Å². The van der Waals surface area contributed by atoms with E-state index in [1.165, 1.54) is 10.4 Å². The van der Waals surface area contributed by atoms with E-state index in [0.717, 1.165) is 24.5 Å². The second-order valence-electron chi connectivity index (χ2n) is 4.76. The topological polar surface area (TPSA) is 43.4 Å². The van der Waals surface area contributed by atoms with Gasteiger partial charge < -0.3 is 14.8 Å². The van der Waals surface area contributed by atoms with Crippen molar-refractivity contribution in [1.82, 2.24) is 10.3 Å². The van der Waals surface area contributed by atoms with Crippen molar-refractivity contribution in [2.24, 2.45) is 0 Å². The molecule has 1 aliphatic heterocycles. The number of nitrogens with zero attached hydrogens (tertiary/aromatic N) is 1. The van der Waals surface area contributed by atoms with Gasteiger partial charge in [-0.3, -0.25) is 4.98 Å². The van der Waals surface area contributed by atoms with Gasteiger partial charge in [0.15, 0.2) is 0 Å². The molecule has 0 saturated heterocycles. The first-order valence-electron chi connectivity index (χ1n) is 6.78. The molecular weight excluding hydrogens is 272 g/mol. The van der Waals surface area contributed by atoms with Gasteiger partial charge in [-0.05, 0) is 12.6 Å². The molecule has 5 heteroatoms. The van der Waals surface area contributed by atoms with Crippen molar-refractivity contribution >= 4 is 11.3 Å². The third kappa shape index (κ3) is 2.51. The molecule has 4 nitrogen and oxygen atoms in total. The average molecular weight is 290 g/mol. The summed E-state index contributed by atoms with van der Waals surface area (Å²) in [5, 5.41) is 3.53. The minimum Gasteiger partial charge on any atom is -0.497 e. The summed E-state index contributed by atoms with van der Waals surface area (Å²) in [5.74, 6) is 1.73. The summed E-state index contributed by atoms with van der Waals surface area (Å²) in [6.07, 6.45) is 2.88. The predicted octanol–water partition coefficient (Wildman–Crippen LogP) is 3.33. The van der Waals surface area contributed by atoms with Gasteiger partial charge in [0, 0.05) is 30.3 Å². The Labute approximate surface area is 122 Å². The summed E-state index contributed by atoms with van der Waals surface area (Å²) >= 11 is 1.64. The van der Waals surface area contributed by atoms with E-state index in [9.17, 15) is 0 Å². The maximum absolute atomic E-state index is 6.15. The monoisotopic (exact) mass is 290 g/mol. The Bertz CT molecular complexity index is 571. The summed E-state index contributed by atoms with van der Waals surface area (Å²) in [4.78, 5) is 5.32. The molecule has 0 fully saturated rings. The molecule has 1 aliphatic rings. The van der Waals surface area contributed by atoms with Crippen molar-refractivity contribution in [2.45, 2.75) is 25.5 Å². The van der Waals surface area contributed by atoms with Crippen molar-refractivity contribution in [3.63, 3.8) is 0 Å². The molecule has 1 N–H and O–H groups in total. The minimum atomic E-state index is 0.0613. The molecule has 0 spiro atoms. The highest BCUT2D eigenvalue weighted by molar-refractivity contribution is 7.09. The maximum atomic E-state index is 6.15. The molecule has 2 atom stereocenters. The molecule has 2 heterocycles. The van der Waals surface area contributed by atoms with Crippen LogP contribution in [-0.2, 0) is 0 Å². The Morgan fingerprint density at radius 2 is 2.40 bits per heavy atom. The van der Waals surface area contributed by atoms with E-state index in [-0.39, 0.29) is 6.10 Å². The second-order valence-corrected chi connectivity index (χ2v) is 5.68.